The van der Waals surface area contributed by atoms with E-state index in [2.05, 4.69) is 0 Å². The predicted molar refractivity (Wildman–Crippen MR) is 84.7 cm³/mol. The molecule has 7 heteroatoms. The zero-order chi connectivity index (χ0) is 17.9. The molecule has 0 radical (unpaired) electrons. The molecule has 0 bridgehead atoms. The van der Waals surface area contributed by atoms with Gasteiger partial charge in [-0.15, -0.1) is 0 Å². The van der Waals surface area contributed by atoms with Crippen LogP contribution in [-0.2, 0) is 33.3 Å². The van der Waals surface area contributed by atoms with E-state index < -0.39 is 37.0 Å². The van der Waals surface area contributed by atoms with Crippen LogP contribution in [0.1, 0.15) is 40.5 Å². The highest BCUT2D eigenvalue weighted by Gasteiger charge is 2.62. The molecule has 0 N–H and O–H groups in total. The molecular weight excluding hydrogens is 328 g/mol. The van der Waals surface area contributed by atoms with Crippen molar-refractivity contribution in [1.82, 2.24) is 0 Å². The number of hydrogen-bond acceptors (Lipinski definition) is 7. The van der Waals surface area contributed by atoms with Crippen LogP contribution >= 0.6 is 0 Å². The van der Waals surface area contributed by atoms with Crippen molar-refractivity contribution in [2.45, 2.75) is 89.7 Å². The van der Waals surface area contributed by atoms with Crippen molar-refractivity contribution in [2.24, 2.45) is 11.8 Å². The van der Waals surface area contributed by atoms with Gasteiger partial charge in [-0.05, 0) is 24.7 Å². The predicted octanol–water partition coefficient (Wildman–Crippen LogP) is 1.22. The van der Waals surface area contributed by atoms with Gasteiger partial charge in [0.25, 0.3) is 0 Å². The minimum Gasteiger partial charge on any atom is -0.356 e. The molecule has 4 aliphatic rings. The fourth-order valence-corrected chi connectivity index (χ4v) is 3.65. The summed E-state index contributed by atoms with van der Waals surface area (Å²) < 4.78 is 28.6. The van der Waals surface area contributed by atoms with Gasteiger partial charge in [-0.25, -0.2) is 0 Å². The van der Waals surface area contributed by atoms with E-state index in [1.807, 2.05) is 27.7 Å². The highest BCUT2D eigenvalue weighted by molar-refractivity contribution is 5.91. The van der Waals surface area contributed by atoms with Crippen LogP contribution in [0.3, 0.4) is 0 Å². The second kappa shape index (κ2) is 6.39. The Labute approximate surface area is 147 Å². The Balaban J connectivity index is 1.40. The monoisotopic (exact) mass is 354 g/mol. The van der Waals surface area contributed by atoms with E-state index in [-0.39, 0.29) is 23.8 Å². The van der Waals surface area contributed by atoms with E-state index in [1.165, 1.54) is 0 Å². The first-order valence-corrected chi connectivity index (χ1v) is 9.20. The number of epoxide rings is 2. The third-order valence-corrected chi connectivity index (χ3v) is 5.02. The van der Waals surface area contributed by atoms with Crippen LogP contribution in [0.4, 0.5) is 0 Å². The third-order valence-electron chi connectivity index (χ3n) is 5.02. The maximum atomic E-state index is 12.2. The maximum absolute atomic E-state index is 12.2. The summed E-state index contributed by atoms with van der Waals surface area (Å²) in [5, 5.41) is 0. The molecular formula is C18H26O7. The quantitative estimate of drug-likeness (QED) is 0.663. The lowest BCUT2D eigenvalue weighted by atomic mass is 9.97. The molecule has 0 spiro atoms. The number of hydrogen-bond donors (Lipinski definition) is 0. The Kier molecular flexibility index (Phi) is 4.48. The minimum absolute atomic E-state index is 0.00322. The summed E-state index contributed by atoms with van der Waals surface area (Å²) in [6.45, 7) is 8.17. The van der Waals surface area contributed by atoms with Gasteiger partial charge in [0.2, 0.25) is 0 Å². The van der Waals surface area contributed by atoms with E-state index in [1.54, 1.807) is 0 Å². The van der Waals surface area contributed by atoms with Crippen LogP contribution in [0.5, 0.6) is 0 Å². The molecule has 0 aromatic heterocycles. The SMILES string of the molecule is CC(C)CC1OC(OC2OC(CC(C)C)C(=O)C3OC23)C2OC2C1=O. The number of Topliss-reactive ketones (excluding diaryl/α,β-unsaturated/α-hetero) is 2. The van der Waals surface area contributed by atoms with Crippen LogP contribution in [0.2, 0.25) is 0 Å². The van der Waals surface area contributed by atoms with Crippen molar-refractivity contribution in [3.05, 3.63) is 0 Å². The lowest BCUT2D eigenvalue weighted by Gasteiger charge is -2.32. The second-order valence-electron chi connectivity index (χ2n) is 8.23. The molecule has 8 unspecified atom stereocenters. The first-order valence-electron chi connectivity index (χ1n) is 9.20. The third kappa shape index (κ3) is 3.40. The molecule has 4 aliphatic heterocycles. The number of carbonyl (C=O) groups is 2. The van der Waals surface area contributed by atoms with Gasteiger partial charge in [-0.2, -0.15) is 0 Å². The molecule has 4 rings (SSSR count). The van der Waals surface area contributed by atoms with Gasteiger partial charge in [-0.1, -0.05) is 27.7 Å². The summed E-state index contributed by atoms with van der Waals surface area (Å²) >= 11 is 0. The topological polar surface area (TPSA) is 86.9 Å². The van der Waals surface area contributed by atoms with Crippen molar-refractivity contribution in [3.63, 3.8) is 0 Å². The van der Waals surface area contributed by atoms with Gasteiger partial charge in [0, 0.05) is 0 Å². The molecule has 8 atom stereocenters. The van der Waals surface area contributed by atoms with Crippen LogP contribution in [0.15, 0.2) is 0 Å². The lowest BCUT2D eigenvalue weighted by molar-refractivity contribution is -0.280. The molecule has 4 saturated heterocycles. The van der Waals surface area contributed by atoms with Gasteiger partial charge in [-0.3, -0.25) is 9.59 Å². The molecule has 0 amide bonds. The standard InChI is InChI=1S/C18H26O7/c1-7(2)5-9-11(19)13-15(23-13)17(21-9)25-18-16-14(24-16)12(20)10(22-18)6-8(3)4/h7-10,13-18H,5-6H2,1-4H3. The van der Waals surface area contributed by atoms with Crippen LogP contribution < -0.4 is 0 Å². The largest absolute Gasteiger partial charge is 0.356 e. The Bertz CT molecular complexity index is 512. The van der Waals surface area contributed by atoms with Gasteiger partial charge in [0.1, 0.15) is 24.4 Å². The number of fused-ring (bicyclic) bond motifs is 2. The van der Waals surface area contributed by atoms with E-state index in [4.69, 9.17) is 23.7 Å². The van der Waals surface area contributed by atoms with Crippen LogP contribution in [-0.4, -0.2) is 60.8 Å². The molecule has 0 saturated carbocycles. The molecule has 0 aliphatic carbocycles. The normalized spacial score (nSPS) is 45.5. The Morgan fingerprint density at radius 3 is 1.52 bits per heavy atom. The number of ketones is 2. The summed E-state index contributed by atoms with van der Waals surface area (Å²) in [4.78, 5) is 24.4. The first kappa shape index (κ1) is 17.5. The van der Waals surface area contributed by atoms with Gasteiger partial charge in [0.05, 0.1) is 0 Å². The van der Waals surface area contributed by atoms with Crippen LogP contribution in [0, 0.1) is 11.8 Å². The van der Waals surface area contributed by atoms with Gasteiger partial charge < -0.3 is 23.7 Å². The zero-order valence-corrected chi connectivity index (χ0v) is 15.0. The highest BCUT2D eigenvalue weighted by atomic mass is 16.8. The Morgan fingerprint density at radius 1 is 0.760 bits per heavy atom. The number of rotatable bonds is 6. The average molecular weight is 354 g/mol. The highest BCUT2D eigenvalue weighted by Crippen LogP contribution is 2.42. The van der Waals surface area contributed by atoms with E-state index in [0.29, 0.717) is 24.7 Å². The van der Waals surface area contributed by atoms with Crippen LogP contribution in [0.25, 0.3) is 0 Å². The Morgan fingerprint density at radius 2 is 1.16 bits per heavy atom. The summed E-state index contributed by atoms with van der Waals surface area (Å²) in [5.41, 5.74) is 0. The van der Waals surface area contributed by atoms with Gasteiger partial charge in [0.15, 0.2) is 36.4 Å². The first-order chi connectivity index (χ1) is 11.8. The number of ether oxygens (including phenoxy) is 5. The zero-order valence-electron chi connectivity index (χ0n) is 15.0. The maximum Gasteiger partial charge on any atom is 0.193 e. The Hall–Kier alpha value is -0.860. The van der Waals surface area contributed by atoms with Crippen molar-refractivity contribution in [3.8, 4) is 0 Å². The van der Waals surface area contributed by atoms with Crippen molar-refractivity contribution >= 4 is 11.6 Å². The van der Waals surface area contributed by atoms with Gasteiger partial charge >= 0.3 is 0 Å². The van der Waals surface area contributed by atoms with E-state index in [9.17, 15) is 9.59 Å². The molecule has 0 aromatic rings. The molecule has 4 heterocycles. The van der Waals surface area contributed by atoms with Crippen molar-refractivity contribution in [1.29, 1.82) is 0 Å². The molecule has 25 heavy (non-hydrogen) atoms. The fraction of sp³-hybridized carbons (Fsp3) is 0.889. The average Bonchev–Trinajstić information content (AvgIpc) is 3.40. The van der Waals surface area contributed by atoms with Crippen molar-refractivity contribution < 1.29 is 33.3 Å². The fourth-order valence-electron chi connectivity index (χ4n) is 3.65. The molecule has 140 valence electrons. The summed E-state index contributed by atoms with van der Waals surface area (Å²) in [7, 11) is 0. The second-order valence-corrected chi connectivity index (χ2v) is 8.23. The molecule has 0 aromatic carbocycles. The lowest BCUT2D eigenvalue weighted by Crippen LogP contribution is -2.49. The number of carbonyl (C=O) groups excluding carboxylic acids is 2. The smallest absolute Gasteiger partial charge is 0.193 e. The summed E-state index contributed by atoms with van der Waals surface area (Å²) in [5.74, 6) is 0.660. The van der Waals surface area contributed by atoms with Crippen molar-refractivity contribution in [2.75, 3.05) is 0 Å². The van der Waals surface area contributed by atoms with E-state index >= 15 is 0 Å². The summed E-state index contributed by atoms with van der Waals surface area (Å²) in [6.07, 6.45) is -2.70. The van der Waals surface area contributed by atoms with E-state index in [0.717, 1.165) is 0 Å². The molecule has 4 fully saturated rings. The minimum atomic E-state index is -0.658. The molecule has 7 nitrogen and oxygen atoms in total. The summed E-state index contributed by atoms with van der Waals surface area (Å²) in [6, 6.07) is 0.